The van der Waals surface area contributed by atoms with Gasteiger partial charge in [-0.3, -0.25) is 4.98 Å². The maximum Gasteiger partial charge on any atom is 0.323 e. The topological polar surface area (TPSA) is 70.1 Å². The molecule has 0 bridgehead atoms. The van der Waals surface area contributed by atoms with E-state index in [1.807, 2.05) is 55.5 Å². The maximum absolute atomic E-state index is 12.4. The summed E-state index contributed by atoms with van der Waals surface area (Å²) in [7, 11) is 0. The number of carbonyl (C=O) groups is 1. The standard InChI is InChI=1S/C23H25N5O/c1-17-8-10-19(11-9-17)26-23(29)27-20-7-5-6-18(16-20)21-22(25-13-12-24-21)28-14-3-2-4-15-28/h5-13,16H,2-4,14-15H2,1H3,(H2,26,27,29). The van der Waals surface area contributed by atoms with Crippen molar-refractivity contribution < 1.29 is 4.79 Å². The average Bonchev–Trinajstić information content (AvgIpc) is 2.76. The van der Waals surface area contributed by atoms with Crippen molar-refractivity contribution in [3.63, 3.8) is 0 Å². The fourth-order valence-corrected chi connectivity index (χ4v) is 3.55. The minimum atomic E-state index is -0.276. The Morgan fingerprint density at radius 2 is 1.62 bits per heavy atom. The number of benzene rings is 2. The van der Waals surface area contributed by atoms with Gasteiger partial charge in [0.25, 0.3) is 0 Å². The van der Waals surface area contributed by atoms with E-state index in [9.17, 15) is 4.79 Å². The van der Waals surface area contributed by atoms with Crippen molar-refractivity contribution in [3.8, 4) is 11.3 Å². The Hall–Kier alpha value is -3.41. The van der Waals surface area contributed by atoms with Crippen LogP contribution in [0.1, 0.15) is 24.8 Å². The molecule has 2 N–H and O–H groups in total. The molecule has 0 radical (unpaired) electrons. The summed E-state index contributed by atoms with van der Waals surface area (Å²) in [6.45, 7) is 4.02. The van der Waals surface area contributed by atoms with Crippen LogP contribution in [0.15, 0.2) is 60.9 Å². The number of piperidine rings is 1. The number of amides is 2. The lowest BCUT2D eigenvalue weighted by atomic mass is 10.1. The van der Waals surface area contributed by atoms with Gasteiger partial charge in [-0.2, -0.15) is 0 Å². The van der Waals surface area contributed by atoms with Crippen LogP contribution in [0.4, 0.5) is 22.0 Å². The molecule has 4 rings (SSSR count). The van der Waals surface area contributed by atoms with E-state index in [0.717, 1.165) is 41.4 Å². The number of aryl methyl sites for hydroxylation is 1. The Kier molecular flexibility index (Phi) is 5.70. The summed E-state index contributed by atoms with van der Waals surface area (Å²) in [5.41, 5.74) is 4.40. The monoisotopic (exact) mass is 387 g/mol. The van der Waals surface area contributed by atoms with Crippen LogP contribution in [0.3, 0.4) is 0 Å². The third-order valence-electron chi connectivity index (χ3n) is 5.04. The number of nitrogens with zero attached hydrogens (tertiary/aromatic N) is 3. The Morgan fingerprint density at radius 1 is 0.897 bits per heavy atom. The number of urea groups is 1. The first-order valence-electron chi connectivity index (χ1n) is 10.00. The van der Waals surface area contributed by atoms with Crippen molar-refractivity contribution in [1.82, 2.24) is 9.97 Å². The molecule has 0 saturated carbocycles. The molecule has 148 valence electrons. The second-order valence-electron chi connectivity index (χ2n) is 7.30. The van der Waals surface area contributed by atoms with Crippen molar-refractivity contribution in [1.29, 1.82) is 0 Å². The predicted molar refractivity (Wildman–Crippen MR) is 117 cm³/mol. The minimum Gasteiger partial charge on any atom is -0.355 e. The number of aromatic nitrogens is 2. The van der Waals surface area contributed by atoms with Gasteiger partial charge < -0.3 is 15.5 Å². The molecule has 1 aliphatic heterocycles. The smallest absolute Gasteiger partial charge is 0.323 e. The van der Waals surface area contributed by atoms with E-state index in [2.05, 4.69) is 25.5 Å². The maximum atomic E-state index is 12.4. The van der Waals surface area contributed by atoms with Crippen LogP contribution in [-0.2, 0) is 0 Å². The summed E-state index contributed by atoms with van der Waals surface area (Å²) < 4.78 is 0. The third kappa shape index (κ3) is 4.71. The fourth-order valence-electron chi connectivity index (χ4n) is 3.55. The zero-order valence-electron chi connectivity index (χ0n) is 16.6. The van der Waals surface area contributed by atoms with Gasteiger partial charge in [0, 0.05) is 42.4 Å². The van der Waals surface area contributed by atoms with E-state index in [1.165, 1.54) is 19.3 Å². The third-order valence-corrected chi connectivity index (χ3v) is 5.04. The van der Waals surface area contributed by atoms with Crippen LogP contribution < -0.4 is 15.5 Å². The van der Waals surface area contributed by atoms with Crippen LogP contribution in [0.2, 0.25) is 0 Å². The van der Waals surface area contributed by atoms with Crippen LogP contribution in [0.25, 0.3) is 11.3 Å². The fraction of sp³-hybridized carbons (Fsp3) is 0.261. The van der Waals surface area contributed by atoms with Crippen molar-refractivity contribution in [2.45, 2.75) is 26.2 Å². The number of anilines is 3. The Labute approximate surface area is 171 Å². The molecular weight excluding hydrogens is 362 g/mol. The molecular formula is C23H25N5O. The largest absolute Gasteiger partial charge is 0.355 e. The summed E-state index contributed by atoms with van der Waals surface area (Å²) in [5, 5.41) is 5.76. The van der Waals surface area contributed by atoms with Gasteiger partial charge in [-0.05, 0) is 50.5 Å². The molecule has 2 heterocycles. The first-order valence-corrected chi connectivity index (χ1v) is 10.00. The normalized spacial score (nSPS) is 13.8. The Morgan fingerprint density at radius 3 is 2.41 bits per heavy atom. The lowest BCUT2D eigenvalue weighted by Gasteiger charge is -2.28. The van der Waals surface area contributed by atoms with Crippen LogP contribution >= 0.6 is 0 Å². The summed E-state index contributed by atoms with van der Waals surface area (Å²) in [6.07, 6.45) is 7.08. The molecule has 2 amide bonds. The summed E-state index contributed by atoms with van der Waals surface area (Å²) in [5.74, 6) is 0.911. The van der Waals surface area contributed by atoms with E-state index < -0.39 is 0 Å². The highest BCUT2D eigenvalue weighted by atomic mass is 16.2. The van der Waals surface area contributed by atoms with E-state index in [0.29, 0.717) is 5.69 Å². The van der Waals surface area contributed by atoms with Gasteiger partial charge in [0.05, 0.1) is 0 Å². The molecule has 1 aromatic heterocycles. The lowest BCUT2D eigenvalue weighted by molar-refractivity contribution is 0.262. The lowest BCUT2D eigenvalue weighted by Crippen LogP contribution is -2.30. The number of hydrogen-bond donors (Lipinski definition) is 2. The second kappa shape index (κ2) is 8.73. The number of rotatable bonds is 4. The van der Waals surface area contributed by atoms with Gasteiger partial charge >= 0.3 is 6.03 Å². The van der Waals surface area contributed by atoms with Crippen LogP contribution in [-0.4, -0.2) is 29.1 Å². The van der Waals surface area contributed by atoms with Gasteiger partial charge in [-0.25, -0.2) is 9.78 Å². The molecule has 0 unspecified atom stereocenters. The molecule has 1 aliphatic rings. The summed E-state index contributed by atoms with van der Waals surface area (Å²) in [6, 6.07) is 15.2. The molecule has 2 aromatic carbocycles. The van der Waals surface area contributed by atoms with Gasteiger partial charge in [0.15, 0.2) is 5.82 Å². The first kappa shape index (κ1) is 18.9. The van der Waals surface area contributed by atoms with Gasteiger partial charge in [-0.15, -0.1) is 0 Å². The van der Waals surface area contributed by atoms with Crippen LogP contribution in [0, 0.1) is 6.92 Å². The molecule has 0 spiro atoms. The summed E-state index contributed by atoms with van der Waals surface area (Å²) >= 11 is 0. The number of nitrogens with one attached hydrogen (secondary N) is 2. The van der Waals surface area contributed by atoms with E-state index in [-0.39, 0.29) is 6.03 Å². The van der Waals surface area contributed by atoms with Gasteiger partial charge in [-0.1, -0.05) is 29.8 Å². The molecule has 6 heteroatoms. The average molecular weight is 387 g/mol. The summed E-state index contributed by atoms with van der Waals surface area (Å²) in [4.78, 5) is 23.9. The second-order valence-corrected chi connectivity index (χ2v) is 7.30. The molecule has 3 aromatic rings. The molecule has 0 atom stereocenters. The molecule has 6 nitrogen and oxygen atoms in total. The molecule has 1 fully saturated rings. The molecule has 29 heavy (non-hydrogen) atoms. The van der Waals surface area contributed by atoms with Crippen molar-refractivity contribution in [2.24, 2.45) is 0 Å². The zero-order valence-corrected chi connectivity index (χ0v) is 16.6. The first-order chi connectivity index (χ1) is 14.2. The molecule has 0 aliphatic carbocycles. The van der Waals surface area contributed by atoms with Crippen molar-refractivity contribution >= 4 is 23.2 Å². The van der Waals surface area contributed by atoms with Gasteiger partial charge in [0.2, 0.25) is 0 Å². The Bertz CT molecular complexity index is 981. The van der Waals surface area contributed by atoms with E-state index >= 15 is 0 Å². The van der Waals surface area contributed by atoms with Gasteiger partial charge in [0.1, 0.15) is 5.69 Å². The minimum absolute atomic E-state index is 0.276. The zero-order chi connectivity index (χ0) is 20.1. The number of hydrogen-bond acceptors (Lipinski definition) is 4. The van der Waals surface area contributed by atoms with Crippen LogP contribution in [0.5, 0.6) is 0 Å². The highest BCUT2D eigenvalue weighted by Crippen LogP contribution is 2.30. The highest BCUT2D eigenvalue weighted by Gasteiger charge is 2.18. The van der Waals surface area contributed by atoms with Crippen molar-refractivity contribution in [3.05, 3.63) is 66.5 Å². The Balaban J connectivity index is 1.52. The van der Waals surface area contributed by atoms with E-state index in [1.54, 1.807) is 12.4 Å². The van der Waals surface area contributed by atoms with Crippen molar-refractivity contribution in [2.75, 3.05) is 28.6 Å². The SMILES string of the molecule is Cc1ccc(NC(=O)Nc2cccc(-c3nccnc3N3CCCCC3)c2)cc1. The highest BCUT2D eigenvalue weighted by molar-refractivity contribution is 6.00. The predicted octanol–water partition coefficient (Wildman–Crippen LogP) is 5.09. The van der Waals surface area contributed by atoms with E-state index in [4.69, 9.17) is 0 Å². The quantitative estimate of drug-likeness (QED) is 0.654. The number of carbonyl (C=O) groups excluding carboxylic acids is 1. The molecule has 1 saturated heterocycles.